The summed E-state index contributed by atoms with van der Waals surface area (Å²) < 4.78 is 0. The molecule has 0 aliphatic carbocycles. The minimum absolute atomic E-state index is 0.582. The average molecular weight is 156 g/mol. The van der Waals surface area contributed by atoms with Crippen LogP contribution in [0.4, 0.5) is 0 Å². The molecule has 0 spiro atoms. The van der Waals surface area contributed by atoms with E-state index in [9.17, 15) is 0 Å². The Morgan fingerprint density at radius 2 is 2.60 bits per heavy atom. The number of fused-ring (bicyclic) bond motifs is 1. The van der Waals surface area contributed by atoms with E-state index in [1.54, 1.807) is 0 Å². The van der Waals surface area contributed by atoms with Gasteiger partial charge in [0.1, 0.15) is 0 Å². The van der Waals surface area contributed by atoms with Crippen molar-refractivity contribution in [1.82, 2.24) is 5.32 Å². The molecule has 0 aromatic rings. The van der Waals surface area contributed by atoms with E-state index in [0.717, 1.165) is 11.8 Å². The number of hydrogen-bond donors (Lipinski definition) is 1. The molecule has 10 heavy (non-hydrogen) atoms. The van der Waals surface area contributed by atoms with Gasteiger partial charge in [-0.2, -0.15) is 0 Å². The predicted octanol–water partition coefficient (Wildman–Crippen LogP) is 0.882. The van der Waals surface area contributed by atoms with Crippen molar-refractivity contribution in [3.05, 3.63) is 0 Å². The quantitative estimate of drug-likeness (QED) is 0.563. The van der Waals surface area contributed by atoms with Crippen LogP contribution in [-0.4, -0.2) is 29.4 Å². The fourth-order valence-corrected chi connectivity index (χ4v) is 2.75. The van der Waals surface area contributed by atoms with Crippen LogP contribution < -0.4 is 5.32 Å². The highest BCUT2D eigenvalue weighted by molar-refractivity contribution is 8.14. The number of hydrogen-bond acceptors (Lipinski definition) is 3. The zero-order valence-electron chi connectivity index (χ0n) is 6.13. The van der Waals surface area contributed by atoms with Crippen LogP contribution in [0, 0.1) is 0 Å². The molecule has 0 bridgehead atoms. The van der Waals surface area contributed by atoms with Crippen molar-refractivity contribution >= 4 is 16.8 Å². The molecule has 1 fully saturated rings. The zero-order valence-corrected chi connectivity index (χ0v) is 6.95. The summed E-state index contributed by atoms with van der Waals surface area (Å²) in [5, 5.41) is 5.43. The Kier molecular flexibility index (Phi) is 1.70. The molecule has 56 valence electrons. The molecule has 2 atom stereocenters. The maximum Gasteiger partial charge on any atom is 0.0756 e. The van der Waals surface area contributed by atoms with Gasteiger partial charge in [-0.15, -0.1) is 11.8 Å². The number of nitrogens with one attached hydrogen (secondary N) is 1. The standard InChI is InChI=1S/C7H12N2S/c1-5-9-6-4-8-3-2-7(6)10-5/h6-8H,2-4H2,1H3. The fourth-order valence-electron chi connectivity index (χ4n) is 1.57. The highest BCUT2D eigenvalue weighted by atomic mass is 32.2. The van der Waals surface area contributed by atoms with Crippen molar-refractivity contribution in [3.8, 4) is 0 Å². The van der Waals surface area contributed by atoms with Crippen LogP contribution in [0.3, 0.4) is 0 Å². The molecule has 0 aromatic heterocycles. The van der Waals surface area contributed by atoms with Crippen molar-refractivity contribution in [2.24, 2.45) is 4.99 Å². The summed E-state index contributed by atoms with van der Waals surface area (Å²) in [6.07, 6.45) is 1.29. The molecule has 0 radical (unpaired) electrons. The third-order valence-electron chi connectivity index (χ3n) is 2.06. The molecule has 0 aromatic carbocycles. The van der Waals surface area contributed by atoms with E-state index < -0.39 is 0 Å². The minimum atomic E-state index is 0.582. The van der Waals surface area contributed by atoms with E-state index in [-0.39, 0.29) is 0 Å². The van der Waals surface area contributed by atoms with Crippen LogP contribution in [0.1, 0.15) is 13.3 Å². The SMILES string of the molecule is CC1=NC2CNCCC2S1. The lowest BCUT2D eigenvalue weighted by molar-refractivity contribution is 0.479. The van der Waals surface area contributed by atoms with Gasteiger partial charge in [-0.25, -0.2) is 0 Å². The Morgan fingerprint density at radius 3 is 3.40 bits per heavy atom. The summed E-state index contributed by atoms with van der Waals surface area (Å²) in [7, 11) is 0. The first-order chi connectivity index (χ1) is 4.86. The average Bonchev–Trinajstić information content (AvgIpc) is 2.27. The van der Waals surface area contributed by atoms with Crippen LogP contribution in [0.15, 0.2) is 4.99 Å². The summed E-state index contributed by atoms with van der Waals surface area (Å²) in [5.74, 6) is 0. The fraction of sp³-hybridized carbons (Fsp3) is 0.857. The monoisotopic (exact) mass is 156 g/mol. The van der Waals surface area contributed by atoms with Gasteiger partial charge in [0.15, 0.2) is 0 Å². The molecule has 1 N–H and O–H groups in total. The second kappa shape index (κ2) is 2.55. The van der Waals surface area contributed by atoms with Gasteiger partial charge < -0.3 is 5.32 Å². The molecule has 0 saturated carbocycles. The highest BCUT2D eigenvalue weighted by Gasteiger charge is 2.29. The first kappa shape index (κ1) is 6.68. The van der Waals surface area contributed by atoms with Crippen molar-refractivity contribution in [1.29, 1.82) is 0 Å². The molecule has 1 saturated heterocycles. The molecule has 2 heterocycles. The van der Waals surface area contributed by atoms with Crippen molar-refractivity contribution in [3.63, 3.8) is 0 Å². The predicted molar refractivity (Wildman–Crippen MR) is 45.8 cm³/mol. The molecule has 2 aliphatic rings. The molecule has 2 nitrogen and oxygen atoms in total. The van der Waals surface area contributed by atoms with Crippen LogP contribution in [0.5, 0.6) is 0 Å². The van der Waals surface area contributed by atoms with E-state index in [2.05, 4.69) is 17.2 Å². The van der Waals surface area contributed by atoms with Gasteiger partial charge in [0.25, 0.3) is 0 Å². The lowest BCUT2D eigenvalue weighted by atomic mass is 10.1. The van der Waals surface area contributed by atoms with Crippen molar-refractivity contribution in [2.75, 3.05) is 13.1 Å². The van der Waals surface area contributed by atoms with Gasteiger partial charge >= 0.3 is 0 Å². The van der Waals surface area contributed by atoms with E-state index in [1.807, 2.05) is 11.8 Å². The number of piperidine rings is 1. The highest BCUT2D eigenvalue weighted by Crippen LogP contribution is 2.30. The van der Waals surface area contributed by atoms with Gasteiger partial charge in [-0.1, -0.05) is 0 Å². The smallest absolute Gasteiger partial charge is 0.0756 e. The van der Waals surface area contributed by atoms with Crippen LogP contribution in [0.25, 0.3) is 0 Å². The number of aliphatic imine (C=N–C) groups is 1. The van der Waals surface area contributed by atoms with Gasteiger partial charge in [0.05, 0.1) is 11.1 Å². The molecule has 2 unspecified atom stereocenters. The first-order valence-corrected chi connectivity index (χ1v) is 4.66. The van der Waals surface area contributed by atoms with Gasteiger partial charge in [-0.3, -0.25) is 4.99 Å². The maximum absolute atomic E-state index is 4.53. The topological polar surface area (TPSA) is 24.4 Å². The molecule has 2 aliphatic heterocycles. The lowest BCUT2D eigenvalue weighted by Crippen LogP contribution is -2.39. The maximum atomic E-state index is 4.53. The molecule has 2 rings (SSSR count). The summed E-state index contributed by atoms with van der Waals surface area (Å²) in [6, 6.07) is 0.582. The third kappa shape index (κ3) is 1.08. The molecular weight excluding hydrogens is 144 g/mol. The second-order valence-electron chi connectivity index (χ2n) is 2.86. The summed E-state index contributed by atoms with van der Waals surface area (Å²) >= 11 is 1.96. The van der Waals surface area contributed by atoms with E-state index in [0.29, 0.717) is 6.04 Å². The zero-order chi connectivity index (χ0) is 6.97. The summed E-state index contributed by atoms with van der Waals surface area (Å²) in [5.41, 5.74) is 0. The number of nitrogens with zero attached hydrogens (tertiary/aromatic N) is 1. The molecule has 3 heteroatoms. The van der Waals surface area contributed by atoms with Gasteiger partial charge in [-0.05, 0) is 19.9 Å². The number of rotatable bonds is 0. The molecular formula is C7H12N2S. The first-order valence-electron chi connectivity index (χ1n) is 3.78. The molecule has 0 amide bonds. The van der Waals surface area contributed by atoms with E-state index in [1.165, 1.54) is 18.0 Å². The Morgan fingerprint density at radius 1 is 1.70 bits per heavy atom. The second-order valence-corrected chi connectivity index (χ2v) is 4.30. The largest absolute Gasteiger partial charge is 0.315 e. The Hall–Kier alpha value is -0.0200. The normalized spacial score (nSPS) is 39.1. The van der Waals surface area contributed by atoms with Crippen LogP contribution >= 0.6 is 11.8 Å². The van der Waals surface area contributed by atoms with Crippen molar-refractivity contribution < 1.29 is 0 Å². The number of thioether (sulfide) groups is 1. The van der Waals surface area contributed by atoms with Gasteiger partial charge in [0, 0.05) is 11.8 Å². The Labute approximate surface area is 65.5 Å². The lowest BCUT2D eigenvalue weighted by Gasteiger charge is -2.22. The third-order valence-corrected chi connectivity index (χ3v) is 3.36. The minimum Gasteiger partial charge on any atom is -0.315 e. The van der Waals surface area contributed by atoms with Crippen LogP contribution in [0.2, 0.25) is 0 Å². The Balaban J connectivity index is 2.06. The van der Waals surface area contributed by atoms with Crippen molar-refractivity contribution in [2.45, 2.75) is 24.6 Å². The van der Waals surface area contributed by atoms with E-state index in [4.69, 9.17) is 0 Å². The van der Waals surface area contributed by atoms with E-state index >= 15 is 0 Å². The Bertz CT molecular complexity index is 167. The van der Waals surface area contributed by atoms with Crippen LogP contribution in [-0.2, 0) is 0 Å². The van der Waals surface area contributed by atoms with Gasteiger partial charge in [0.2, 0.25) is 0 Å². The summed E-state index contributed by atoms with van der Waals surface area (Å²) in [6.45, 7) is 4.38. The summed E-state index contributed by atoms with van der Waals surface area (Å²) in [4.78, 5) is 4.53.